The highest BCUT2D eigenvalue weighted by Gasteiger charge is 2.31. The second kappa shape index (κ2) is 10.4. The van der Waals surface area contributed by atoms with Crippen LogP contribution in [0.1, 0.15) is 44.1 Å². The quantitative estimate of drug-likeness (QED) is 0.345. The molecule has 4 aromatic rings. The van der Waals surface area contributed by atoms with E-state index in [1.807, 2.05) is 40.9 Å². The minimum Gasteiger partial charge on any atom is -0.481 e. The fourth-order valence-corrected chi connectivity index (χ4v) is 6.06. The Labute approximate surface area is 225 Å². The lowest BCUT2D eigenvalue weighted by Gasteiger charge is -2.30. The molecule has 0 radical (unpaired) electrons. The van der Waals surface area contributed by atoms with Crippen molar-refractivity contribution in [3.8, 4) is 11.5 Å². The van der Waals surface area contributed by atoms with Gasteiger partial charge in [-0.1, -0.05) is 6.07 Å². The lowest BCUT2D eigenvalue weighted by Crippen LogP contribution is -2.40. The standard InChI is InChI=1S/C30H32FN3O5/c1-33-16-24(23-10-7-20(31)15-26(23)33)29-32-25-11-4-18(13-27(25)39-29)14-28(35)34-12-2-3-21(34)17-38-22-8-5-19(6-9-22)30(36)37/h4,7,10-11,13,15-16,19,21-22H,2-3,5-6,8-9,12,14,17H2,1H3,(H,36,37)/t19?,21-,22?/m0/s1. The first-order valence-electron chi connectivity index (χ1n) is 13.6. The number of aryl methyl sites for hydroxylation is 1. The van der Waals surface area contributed by atoms with Crippen molar-refractivity contribution >= 4 is 33.9 Å². The van der Waals surface area contributed by atoms with Crippen molar-refractivity contribution < 1.29 is 28.2 Å². The van der Waals surface area contributed by atoms with Crippen LogP contribution in [0.15, 0.2) is 47.0 Å². The fourth-order valence-electron chi connectivity index (χ4n) is 6.06. The number of ether oxygens (including phenoxy) is 1. The van der Waals surface area contributed by atoms with Crippen LogP contribution in [-0.4, -0.2) is 56.7 Å². The zero-order valence-electron chi connectivity index (χ0n) is 21.9. The van der Waals surface area contributed by atoms with Crippen molar-refractivity contribution in [3.05, 3.63) is 54.0 Å². The second-order valence-electron chi connectivity index (χ2n) is 10.8. The van der Waals surface area contributed by atoms with Crippen molar-refractivity contribution in [2.45, 2.75) is 57.1 Å². The molecule has 1 aliphatic carbocycles. The van der Waals surface area contributed by atoms with E-state index in [1.165, 1.54) is 12.1 Å². The predicted octanol–water partition coefficient (Wildman–Crippen LogP) is 5.32. The van der Waals surface area contributed by atoms with Gasteiger partial charge in [0.1, 0.15) is 11.3 Å². The van der Waals surface area contributed by atoms with Gasteiger partial charge in [-0.05, 0) is 74.4 Å². The van der Waals surface area contributed by atoms with Gasteiger partial charge in [-0.25, -0.2) is 9.37 Å². The number of halogens is 1. The SMILES string of the molecule is Cn1cc(-c2nc3ccc(CC(=O)N4CCC[C@H]4COC4CCC(C(=O)O)CC4)cc3o2)c2ccc(F)cc21. The number of carbonyl (C=O) groups excluding carboxylic acids is 1. The van der Waals surface area contributed by atoms with Crippen molar-refractivity contribution in [2.24, 2.45) is 13.0 Å². The van der Waals surface area contributed by atoms with Crippen molar-refractivity contribution in [3.63, 3.8) is 0 Å². The van der Waals surface area contributed by atoms with Gasteiger partial charge in [0.2, 0.25) is 11.8 Å². The van der Waals surface area contributed by atoms with Gasteiger partial charge in [0.25, 0.3) is 0 Å². The Kier molecular flexibility index (Phi) is 6.85. The Morgan fingerprint density at radius 2 is 1.95 bits per heavy atom. The smallest absolute Gasteiger partial charge is 0.306 e. The molecule has 1 saturated heterocycles. The number of hydrogen-bond acceptors (Lipinski definition) is 5. The van der Waals surface area contributed by atoms with Gasteiger partial charge in [-0.15, -0.1) is 0 Å². The number of fused-ring (bicyclic) bond motifs is 2. The molecule has 2 fully saturated rings. The molecule has 1 amide bonds. The zero-order chi connectivity index (χ0) is 27.1. The molecule has 2 aliphatic rings. The first kappa shape index (κ1) is 25.6. The summed E-state index contributed by atoms with van der Waals surface area (Å²) in [5, 5.41) is 10.1. The maximum absolute atomic E-state index is 13.7. The van der Waals surface area contributed by atoms with E-state index < -0.39 is 5.97 Å². The highest BCUT2D eigenvalue weighted by Crippen LogP contribution is 2.33. The van der Waals surface area contributed by atoms with Crippen LogP contribution in [0.25, 0.3) is 33.5 Å². The Hall–Kier alpha value is -3.72. The molecule has 6 rings (SSSR count). The summed E-state index contributed by atoms with van der Waals surface area (Å²) in [7, 11) is 1.86. The van der Waals surface area contributed by atoms with Crippen LogP contribution in [-0.2, 0) is 27.8 Å². The molecule has 1 atom stereocenters. The summed E-state index contributed by atoms with van der Waals surface area (Å²) in [6, 6.07) is 10.4. The van der Waals surface area contributed by atoms with Crippen molar-refractivity contribution in [2.75, 3.05) is 13.2 Å². The van der Waals surface area contributed by atoms with Crippen LogP contribution in [0.3, 0.4) is 0 Å². The van der Waals surface area contributed by atoms with Crippen LogP contribution in [0.5, 0.6) is 0 Å². The maximum atomic E-state index is 13.7. The third-order valence-corrected chi connectivity index (χ3v) is 8.24. The number of carboxylic acids is 1. The number of rotatable bonds is 7. The van der Waals surface area contributed by atoms with Crippen molar-refractivity contribution in [1.29, 1.82) is 0 Å². The first-order chi connectivity index (χ1) is 18.9. The molecular weight excluding hydrogens is 501 g/mol. The van der Waals surface area contributed by atoms with E-state index in [4.69, 9.17) is 9.15 Å². The van der Waals surface area contributed by atoms with Gasteiger partial charge in [0.05, 0.1) is 42.2 Å². The third kappa shape index (κ3) is 5.15. The third-order valence-electron chi connectivity index (χ3n) is 8.24. The average Bonchev–Trinajstić information content (AvgIpc) is 3.64. The summed E-state index contributed by atoms with van der Waals surface area (Å²) < 4.78 is 27.8. The van der Waals surface area contributed by atoms with E-state index in [1.54, 1.807) is 6.07 Å². The number of carbonyl (C=O) groups is 2. The number of carboxylic acid groups (broad SMARTS) is 1. The Bertz CT molecular complexity index is 1530. The topological polar surface area (TPSA) is 97.8 Å². The van der Waals surface area contributed by atoms with E-state index in [-0.39, 0.29) is 36.2 Å². The molecule has 1 N–H and O–H groups in total. The number of hydrogen-bond donors (Lipinski definition) is 1. The van der Waals surface area contributed by atoms with Gasteiger partial charge in [-0.2, -0.15) is 0 Å². The molecule has 0 spiro atoms. The zero-order valence-corrected chi connectivity index (χ0v) is 21.9. The Balaban J connectivity index is 1.11. The molecule has 0 unspecified atom stereocenters. The molecule has 39 heavy (non-hydrogen) atoms. The fraction of sp³-hybridized carbons (Fsp3) is 0.433. The number of aliphatic carboxylic acids is 1. The molecule has 204 valence electrons. The molecule has 2 aromatic heterocycles. The highest BCUT2D eigenvalue weighted by molar-refractivity contribution is 5.95. The van der Waals surface area contributed by atoms with Gasteiger partial charge in [0, 0.05) is 25.2 Å². The molecule has 3 heterocycles. The molecular formula is C30H32FN3O5. The van der Waals surface area contributed by atoms with Crippen LogP contribution < -0.4 is 0 Å². The van der Waals surface area contributed by atoms with Gasteiger partial charge in [0.15, 0.2) is 5.58 Å². The number of amides is 1. The monoisotopic (exact) mass is 533 g/mol. The van der Waals surface area contributed by atoms with Gasteiger partial charge in [-0.3, -0.25) is 9.59 Å². The predicted molar refractivity (Wildman–Crippen MR) is 144 cm³/mol. The highest BCUT2D eigenvalue weighted by atomic mass is 19.1. The van der Waals surface area contributed by atoms with Crippen LogP contribution in [0.4, 0.5) is 4.39 Å². The summed E-state index contributed by atoms with van der Waals surface area (Å²) >= 11 is 0. The summed E-state index contributed by atoms with van der Waals surface area (Å²) in [5.41, 5.74) is 3.71. The van der Waals surface area contributed by atoms with E-state index >= 15 is 0 Å². The average molecular weight is 534 g/mol. The molecule has 9 heteroatoms. The molecule has 1 saturated carbocycles. The summed E-state index contributed by atoms with van der Waals surface area (Å²) in [6.45, 7) is 1.21. The van der Waals surface area contributed by atoms with Crippen LogP contribution in [0.2, 0.25) is 0 Å². The number of likely N-dealkylation sites (tertiary alicyclic amines) is 1. The number of nitrogens with zero attached hydrogens (tertiary/aromatic N) is 3. The van der Waals surface area contributed by atoms with Crippen LogP contribution in [0, 0.1) is 11.7 Å². The number of oxazole rings is 1. The first-order valence-corrected chi connectivity index (χ1v) is 13.6. The normalized spacial score (nSPS) is 21.7. The van der Waals surface area contributed by atoms with Crippen LogP contribution >= 0.6 is 0 Å². The van der Waals surface area contributed by atoms with Gasteiger partial charge < -0.3 is 23.7 Å². The summed E-state index contributed by atoms with van der Waals surface area (Å²) in [5.74, 6) is -0.753. The minimum atomic E-state index is -0.717. The number of aromatic nitrogens is 2. The number of benzene rings is 2. The molecule has 0 bridgehead atoms. The lowest BCUT2D eigenvalue weighted by atomic mass is 9.87. The largest absolute Gasteiger partial charge is 0.481 e. The molecule has 2 aromatic carbocycles. The summed E-state index contributed by atoms with van der Waals surface area (Å²) in [6.07, 6.45) is 6.89. The molecule has 8 nitrogen and oxygen atoms in total. The Morgan fingerprint density at radius 3 is 2.74 bits per heavy atom. The van der Waals surface area contributed by atoms with Gasteiger partial charge >= 0.3 is 5.97 Å². The summed E-state index contributed by atoms with van der Waals surface area (Å²) in [4.78, 5) is 31.0. The van der Waals surface area contributed by atoms with E-state index in [2.05, 4.69) is 4.98 Å². The minimum absolute atomic E-state index is 0.0477. The van der Waals surface area contributed by atoms with E-state index in [0.717, 1.165) is 54.3 Å². The van der Waals surface area contributed by atoms with E-state index in [9.17, 15) is 19.1 Å². The van der Waals surface area contributed by atoms with Crippen molar-refractivity contribution in [1.82, 2.24) is 14.5 Å². The lowest BCUT2D eigenvalue weighted by molar-refractivity contribution is -0.144. The van der Waals surface area contributed by atoms with E-state index in [0.29, 0.717) is 36.4 Å². The second-order valence-corrected chi connectivity index (χ2v) is 10.8. The molecule has 1 aliphatic heterocycles. The maximum Gasteiger partial charge on any atom is 0.306 e. The Morgan fingerprint density at radius 1 is 1.13 bits per heavy atom.